The summed E-state index contributed by atoms with van der Waals surface area (Å²) in [5.74, 6) is -0.159. The van der Waals surface area contributed by atoms with Gasteiger partial charge in [0.25, 0.3) is 0 Å². The Morgan fingerprint density at radius 3 is 2.69 bits per heavy atom. The van der Waals surface area contributed by atoms with E-state index < -0.39 is 0 Å². The fourth-order valence-electron chi connectivity index (χ4n) is 1.43. The number of hydrogen-bond acceptors (Lipinski definition) is 3. The standard InChI is InChI=1S/C13H19NO2/c1-2-10-16-13(15)9-8-12(14)11-6-4-3-5-7-11/h3-7,12H,2,8-10,14H2,1H3. The average molecular weight is 221 g/mol. The summed E-state index contributed by atoms with van der Waals surface area (Å²) >= 11 is 0. The second-order valence-electron chi connectivity index (χ2n) is 3.78. The highest BCUT2D eigenvalue weighted by atomic mass is 16.5. The molecule has 88 valence electrons. The second kappa shape index (κ2) is 7.01. The molecule has 0 aliphatic rings. The van der Waals surface area contributed by atoms with Gasteiger partial charge in [-0.1, -0.05) is 37.3 Å². The van der Waals surface area contributed by atoms with Crippen molar-refractivity contribution in [1.29, 1.82) is 0 Å². The summed E-state index contributed by atoms with van der Waals surface area (Å²) < 4.78 is 4.98. The quantitative estimate of drug-likeness (QED) is 0.750. The third kappa shape index (κ3) is 4.45. The number of hydrogen-bond donors (Lipinski definition) is 1. The van der Waals surface area contributed by atoms with Gasteiger partial charge < -0.3 is 10.5 Å². The SMILES string of the molecule is CCCOC(=O)CCC(N)c1ccccc1. The molecular formula is C13H19NO2. The molecule has 0 aromatic heterocycles. The molecule has 0 aliphatic heterocycles. The van der Waals surface area contributed by atoms with Crippen LogP contribution in [0.2, 0.25) is 0 Å². The van der Waals surface area contributed by atoms with Crippen molar-refractivity contribution in [1.82, 2.24) is 0 Å². The number of esters is 1. The number of nitrogens with two attached hydrogens (primary N) is 1. The first-order chi connectivity index (χ1) is 7.74. The van der Waals surface area contributed by atoms with Gasteiger partial charge in [-0.25, -0.2) is 0 Å². The molecule has 1 aromatic carbocycles. The van der Waals surface area contributed by atoms with Crippen molar-refractivity contribution in [2.45, 2.75) is 32.2 Å². The Hall–Kier alpha value is -1.35. The maximum Gasteiger partial charge on any atom is 0.305 e. The van der Waals surface area contributed by atoms with Crippen LogP contribution in [0.3, 0.4) is 0 Å². The van der Waals surface area contributed by atoms with E-state index in [9.17, 15) is 4.79 Å². The van der Waals surface area contributed by atoms with Crippen LogP contribution in [-0.2, 0) is 9.53 Å². The van der Waals surface area contributed by atoms with Crippen molar-refractivity contribution in [2.75, 3.05) is 6.61 Å². The highest BCUT2D eigenvalue weighted by Crippen LogP contribution is 2.15. The van der Waals surface area contributed by atoms with Crippen LogP contribution in [0.15, 0.2) is 30.3 Å². The molecule has 0 bridgehead atoms. The molecule has 0 fully saturated rings. The summed E-state index contributed by atoms with van der Waals surface area (Å²) in [5, 5.41) is 0. The van der Waals surface area contributed by atoms with E-state index >= 15 is 0 Å². The van der Waals surface area contributed by atoms with Crippen LogP contribution in [0.4, 0.5) is 0 Å². The van der Waals surface area contributed by atoms with Crippen LogP contribution in [0.1, 0.15) is 37.8 Å². The van der Waals surface area contributed by atoms with E-state index in [0.717, 1.165) is 12.0 Å². The van der Waals surface area contributed by atoms with Crippen LogP contribution < -0.4 is 5.73 Å². The van der Waals surface area contributed by atoms with E-state index in [2.05, 4.69) is 0 Å². The predicted octanol–water partition coefficient (Wildman–Crippen LogP) is 2.42. The van der Waals surface area contributed by atoms with Gasteiger partial charge >= 0.3 is 5.97 Å². The van der Waals surface area contributed by atoms with Crippen molar-refractivity contribution < 1.29 is 9.53 Å². The minimum atomic E-state index is -0.159. The molecule has 3 heteroatoms. The third-order valence-electron chi connectivity index (χ3n) is 2.35. The monoisotopic (exact) mass is 221 g/mol. The fourth-order valence-corrected chi connectivity index (χ4v) is 1.43. The van der Waals surface area contributed by atoms with Gasteiger partial charge in [0, 0.05) is 12.5 Å². The van der Waals surface area contributed by atoms with Gasteiger partial charge in [-0.15, -0.1) is 0 Å². The molecule has 0 saturated heterocycles. The Balaban J connectivity index is 2.30. The highest BCUT2D eigenvalue weighted by Gasteiger charge is 2.09. The molecule has 0 heterocycles. The van der Waals surface area contributed by atoms with Gasteiger partial charge in [0.1, 0.15) is 0 Å². The largest absolute Gasteiger partial charge is 0.466 e. The van der Waals surface area contributed by atoms with E-state index in [-0.39, 0.29) is 12.0 Å². The first-order valence-corrected chi connectivity index (χ1v) is 5.70. The Bertz CT molecular complexity index is 311. The van der Waals surface area contributed by atoms with Gasteiger partial charge in [-0.05, 0) is 18.4 Å². The second-order valence-corrected chi connectivity index (χ2v) is 3.78. The lowest BCUT2D eigenvalue weighted by atomic mass is 10.0. The van der Waals surface area contributed by atoms with Crippen LogP contribution in [0.5, 0.6) is 0 Å². The Labute approximate surface area is 96.6 Å². The van der Waals surface area contributed by atoms with Crippen molar-refractivity contribution in [3.63, 3.8) is 0 Å². The highest BCUT2D eigenvalue weighted by molar-refractivity contribution is 5.69. The Morgan fingerprint density at radius 2 is 2.06 bits per heavy atom. The molecule has 0 saturated carbocycles. The lowest BCUT2D eigenvalue weighted by Gasteiger charge is -2.11. The number of benzene rings is 1. The zero-order chi connectivity index (χ0) is 11.8. The van der Waals surface area contributed by atoms with Gasteiger partial charge in [0.05, 0.1) is 6.61 Å². The van der Waals surface area contributed by atoms with E-state index in [4.69, 9.17) is 10.5 Å². The molecule has 0 amide bonds. The fraction of sp³-hybridized carbons (Fsp3) is 0.462. The van der Waals surface area contributed by atoms with E-state index in [1.54, 1.807) is 0 Å². The molecular weight excluding hydrogens is 202 g/mol. The molecule has 0 radical (unpaired) electrons. The van der Waals surface area contributed by atoms with E-state index in [1.165, 1.54) is 0 Å². The maximum absolute atomic E-state index is 11.3. The molecule has 0 aliphatic carbocycles. The number of carbonyl (C=O) groups excluding carboxylic acids is 1. The first kappa shape index (κ1) is 12.7. The average Bonchev–Trinajstić information content (AvgIpc) is 2.34. The number of rotatable bonds is 6. The maximum atomic E-state index is 11.3. The normalized spacial score (nSPS) is 12.1. The molecule has 1 atom stereocenters. The van der Waals surface area contributed by atoms with Crippen molar-refractivity contribution in [2.24, 2.45) is 5.73 Å². The van der Waals surface area contributed by atoms with E-state index in [0.29, 0.717) is 19.4 Å². The van der Waals surface area contributed by atoms with Gasteiger partial charge in [0.15, 0.2) is 0 Å². The number of ether oxygens (including phenoxy) is 1. The summed E-state index contributed by atoms with van der Waals surface area (Å²) in [6.45, 7) is 2.47. The Kier molecular flexibility index (Phi) is 5.57. The lowest BCUT2D eigenvalue weighted by Crippen LogP contribution is -2.13. The van der Waals surface area contributed by atoms with Crippen molar-refractivity contribution in [3.8, 4) is 0 Å². The molecule has 2 N–H and O–H groups in total. The molecule has 3 nitrogen and oxygen atoms in total. The van der Waals surface area contributed by atoms with Gasteiger partial charge in [-0.2, -0.15) is 0 Å². The molecule has 16 heavy (non-hydrogen) atoms. The summed E-state index contributed by atoms with van der Waals surface area (Å²) in [6.07, 6.45) is 1.87. The summed E-state index contributed by atoms with van der Waals surface area (Å²) in [5.41, 5.74) is 7.03. The minimum absolute atomic E-state index is 0.0876. The molecule has 1 rings (SSSR count). The van der Waals surface area contributed by atoms with Crippen molar-refractivity contribution >= 4 is 5.97 Å². The van der Waals surface area contributed by atoms with Crippen molar-refractivity contribution in [3.05, 3.63) is 35.9 Å². The van der Waals surface area contributed by atoms with Gasteiger partial charge in [-0.3, -0.25) is 4.79 Å². The third-order valence-corrected chi connectivity index (χ3v) is 2.35. The topological polar surface area (TPSA) is 52.3 Å². The number of carbonyl (C=O) groups is 1. The molecule has 1 aromatic rings. The first-order valence-electron chi connectivity index (χ1n) is 5.70. The summed E-state index contributed by atoms with van der Waals surface area (Å²) in [4.78, 5) is 11.3. The lowest BCUT2D eigenvalue weighted by molar-refractivity contribution is -0.143. The molecule has 0 spiro atoms. The van der Waals surface area contributed by atoms with Crippen LogP contribution in [0.25, 0.3) is 0 Å². The molecule has 1 unspecified atom stereocenters. The smallest absolute Gasteiger partial charge is 0.305 e. The summed E-state index contributed by atoms with van der Waals surface area (Å²) in [6, 6.07) is 9.71. The van der Waals surface area contributed by atoms with Crippen LogP contribution in [0, 0.1) is 0 Å². The van der Waals surface area contributed by atoms with E-state index in [1.807, 2.05) is 37.3 Å². The predicted molar refractivity (Wildman–Crippen MR) is 63.9 cm³/mol. The minimum Gasteiger partial charge on any atom is -0.466 e. The van der Waals surface area contributed by atoms with Crippen LogP contribution >= 0.6 is 0 Å². The summed E-state index contributed by atoms with van der Waals surface area (Å²) in [7, 11) is 0. The zero-order valence-corrected chi connectivity index (χ0v) is 9.69. The van der Waals surface area contributed by atoms with Gasteiger partial charge in [0.2, 0.25) is 0 Å². The van der Waals surface area contributed by atoms with Crippen LogP contribution in [-0.4, -0.2) is 12.6 Å². The zero-order valence-electron chi connectivity index (χ0n) is 9.69. The Morgan fingerprint density at radius 1 is 1.38 bits per heavy atom.